The summed E-state index contributed by atoms with van der Waals surface area (Å²) in [4.78, 5) is 0. The first kappa shape index (κ1) is 14.1. The van der Waals surface area contributed by atoms with Crippen LogP contribution in [0.1, 0.15) is 79.1 Å². The van der Waals surface area contributed by atoms with Gasteiger partial charge in [0.2, 0.25) is 0 Å². The predicted molar refractivity (Wildman–Crippen MR) is 73.6 cm³/mol. The van der Waals surface area contributed by atoms with Crippen LogP contribution in [-0.2, 0) is 0 Å². The van der Waals surface area contributed by atoms with E-state index in [1.165, 1.54) is 51.4 Å². The molecule has 0 spiro atoms. The van der Waals surface area contributed by atoms with Crippen LogP contribution in [-0.4, -0.2) is 0 Å². The highest BCUT2D eigenvalue weighted by Crippen LogP contribution is 2.33. The lowest BCUT2D eigenvalue weighted by atomic mass is 9.78. The van der Waals surface area contributed by atoms with E-state index in [1.807, 2.05) is 0 Å². The summed E-state index contributed by atoms with van der Waals surface area (Å²) in [6.45, 7) is 9.61. The molecular formula is C16H32. The molecule has 96 valence electrons. The summed E-state index contributed by atoms with van der Waals surface area (Å²) >= 11 is 0. The Kier molecular flexibility index (Phi) is 6.46. The zero-order valence-electron chi connectivity index (χ0n) is 12.0. The van der Waals surface area contributed by atoms with Crippen molar-refractivity contribution < 1.29 is 0 Å². The first-order valence-corrected chi connectivity index (χ1v) is 7.61. The Balaban J connectivity index is 2.11. The minimum absolute atomic E-state index is 0.939. The van der Waals surface area contributed by atoms with Gasteiger partial charge in [-0.15, -0.1) is 0 Å². The summed E-state index contributed by atoms with van der Waals surface area (Å²) in [5.41, 5.74) is 0. The van der Waals surface area contributed by atoms with E-state index in [1.54, 1.807) is 0 Å². The van der Waals surface area contributed by atoms with E-state index in [-0.39, 0.29) is 0 Å². The molecule has 1 aliphatic rings. The molecule has 0 aromatic carbocycles. The van der Waals surface area contributed by atoms with Crippen molar-refractivity contribution in [3.05, 3.63) is 0 Å². The van der Waals surface area contributed by atoms with Gasteiger partial charge in [0.25, 0.3) is 0 Å². The van der Waals surface area contributed by atoms with E-state index in [2.05, 4.69) is 27.7 Å². The molecule has 0 bridgehead atoms. The molecule has 0 nitrogen and oxygen atoms in total. The Morgan fingerprint density at radius 1 is 0.938 bits per heavy atom. The minimum Gasteiger partial charge on any atom is -0.0651 e. The van der Waals surface area contributed by atoms with Gasteiger partial charge in [-0.3, -0.25) is 0 Å². The molecule has 0 heterocycles. The molecule has 1 unspecified atom stereocenters. The Hall–Kier alpha value is 0. The third kappa shape index (κ3) is 5.37. The topological polar surface area (TPSA) is 0 Å². The van der Waals surface area contributed by atoms with Gasteiger partial charge in [-0.25, -0.2) is 0 Å². The molecule has 16 heavy (non-hydrogen) atoms. The Morgan fingerprint density at radius 3 is 2.06 bits per heavy atom. The van der Waals surface area contributed by atoms with Crippen LogP contribution in [0.5, 0.6) is 0 Å². The highest BCUT2D eigenvalue weighted by molar-refractivity contribution is 4.72. The van der Waals surface area contributed by atoms with Crippen molar-refractivity contribution in [1.82, 2.24) is 0 Å². The van der Waals surface area contributed by atoms with Crippen molar-refractivity contribution in [3.8, 4) is 0 Å². The first-order valence-electron chi connectivity index (χ1n) is 7.61. The minimum atomic E-state index is 0.939. The Morgan fingerprint density at radius 2 is 1.50 bits per heavy atom. The van der Waals surface area contributed by atoms with Crippen molar-refractivity contribution in [3.63, 3.8) is 0 Å². The Labute approximate surface area is 103 Å². The van der Waals surface area contributed by atoms with Crippen molar-refractivity contribution in [1.29, 1.82) is 0 Å². The first-order chi connectivity index (χ1) is 7.61. The maximum atomic E-state index is 2.47. The van der Waals surface area contributed by atoms with Crippen LogP contribution in [0.2, 0.25) is 0 Å². The molecule has 2 atom stereocenters. The van der Waals surface area contributed by atoms with Crippen molar-refractivity contribution in [2.45, 2.75) is 79.1 Å². The fraction of sp³-hybridized carbons (Fsp3) is 1.00. The highest BCUT2D eigenvalue weighted by atomic mass is 14.3. The van der Waals surface area contributed by atoms with E-state index in [9.17, 15) is 0 Å². The lowest BCUT2D eigenvalue weighted by Crippen LogP contribution is -2.15. The smallest absolute Gasteiger partial charge is 0.0412 e. The molecular weight excluding hydrogens is 192 g/mol. The standard InChI is InChI=1S/C16H32/c1-5-13(2)6-7-15(4)12-16-10-8-14(3)9-11-16/h13-16H,5-12H2,1-4H3/t13?,14?,15-,16?/m1/s1. The van der Waals surface area contributed by atoms with Crippen LogP contribution in [0.4, 0.5) is 0 Å². The predicted octanol–water partition coefficient (Wildman–Crippen LogP) is 5.67. The molecule has 0 amide bonds. The largest absolute Gasteiger partial charge is 0.0651 e. The quantitative estimate of drug-likeness (QED) is 0.545. The van der Waals surface area contributed by atoms with E-state index >= 15 is 0 Å². The third-order valence-corrected chi connectivity index (χ3v) is 4.72. The maximum absolute atomic E-state index is 2.47. The lowest BCUT2D eigenvalue weighted by molar-refractivity contribution is 0.241. The van der Waals surface area contributed by atoms with Crippen molar-refractivity contribution >= 4 is 0 Å². The van der Waals surface area contributed by atoms with E-state index in [0.717, 1.165) is 23.7 Å². The second-order valence-corrected chi connectivity index (χ2v) is 6.56. The van der Waals surface area contributed by atoms with E-state index < -0.39 is 0 Å². The zero-order chi connectivity index (χ0) is 12.0. The number of rotatable bonds is 6. The van der Waals surface area contributed by atoms with E-state index in [4.69, 9.17) is 0 Å². The zero-order valence-corrected chi connectivity index (χ0v) is 12.0. The highest BCUT2D eigenvalue weighted by Gasteiger charge is 2.20. The molecule has 0 aromatic heterocycles. The second-order valence-electron chi connectivity index (χ2n) is 6.56. The second kappa shape index (κ2) is 7.35. The summed E-state index contributed by atoms with van der Waals surface area (Å²) in [6.07, 6.45) is 11.8. The van der Waals surface area contributed by atoms with Crippen molar-refractivity contribution in [2.24, 2.45) is 23.7 Å². The Bertz CT molecular complexity index is 165. The molecule has 1 saturated carbocycles. The fourth-order valence-electron chi connectivity index (χ4n) is 3.02. The summed E-state index contributed by atoms with van der Waals surface area (Å²) in [5.74, 6) is 3.97. The summed E-state index contributed by atoms with van der Waals surface area (Å²) in [5, 5.41) is 0. The van der Waals surface area contributed by atoms with Crippen LogP contribution < -0.4 is 0 Å². The van der Waals surface area contributed by atoms with Gasteiger partial charge >= 0.3 is 0 Å². The van der Waals surface area contributed by atoms with Gasteiger partial charge in [-0.1, -0.05) is 72.6 Å². The molecule has 0 heteroatoms. The van der Waals surface area contributed by atoms with E-state index in [0.29, 0.717) is 0 Å². The molecule has 1 aliphatic carbocycles. The maximum Gasteiger partial charge on any atom is -0.0412 e. The summed E-state index contributed by atoms with van der Waals surface area (Å²) < 4.78 is 0. The van der Waals surface area contributed by atoms with Gasteiger partial charge < -0.3 is 0 Å². The monoisotopic (exact) mass is 224 g/mol. The molecule has 1 rings (SSSR count). The molecule has 0 aliphatic heterocycles. The third-order valence-electron chi connectivity index (χ3n) is 4.72. The van der Waals surface area contributed by atoms with Gasteiger partial charge in [0, 0.05) is 0 Å². The van der Waals surface area contributed by atoms with Crippen LogP contribution in [0, 0.1) is 23.7 Å². The van der Waals surface area contributed by atoms with Crippen LogP contribution in [0.15, 0.2) is 0 Å². The summed E-state index contributed by atoms with van der Waals surface area (Å²) in [6, 6.07) is 0. The van der Waals surface area contributed by atoms with Crippen LogP contribution in [0.25, 0.3) is 0 Å². The lowest BCUT2D eigenvalue weighted by Gasteiger charge is -2.28. The van der Waals surface area contributed by atoms with Gasteiger partial charge in [0.1, 0.15) is 0 Å². The summed E-state index contributed by atoms with van der Waals surface area (Å²) in [7, 11) is 0. The number of hydrogen-bond donors (Lipinski definition) is 0. The average Bonchev–Trinajstić information content (AvgIpc) is 2.29. The van der Waals surface area contributed by atoms with Crippen molar-refractivity contribution in [2.75, 3.05) is 0 Å². The number of hydrogen-bond acceptors (Lipinski definition) is 0. The molecule has 0 saturated heterocycles. The van der Waals surface area contributed by atoms with Crippen LogP contribution >= 0.6 is 0 Å². The SMILES string of the molecule is CCC(C)CC[C@@H](C)CC1CCC(C)CC1. The van der Waals surface area contributed by atoms with Gasteiger partial charge in [-0.05, 0) is 30.1 Å². The van der Waals surface area contributed by atoms with Gasteiger partial charge in [-0.2, -0.15) is 0 Å². The average molecular weight is 224 g/mol. The van der Waals surface area contributed by atoms with Crippen LogP contribution in [0.3, 0.4) is 0 Å². The normalized spacial score (nSPS) is 30.0. The molecule has 1 fully saturated rings. The van der Waals surface area contributed by atoms with Gasteiger partial charge in [0.15, 0.2) is 0 Å². The molecule has 0 radical (unpaired) electrons. The van der Waals surface area contributed by atoms with Gasteiger partial charge in [0.05, 0.1) is 0 Å². The molecule has 0 aromatic rings. The molecule has 0 N–H and O–H groups in total. The fourth-order valence-corrected chi connectivity index (χ4v) is 3.02.